The molecule has 0 radical (unpaired) electrons. The van der Waals surface area contributed by atoms with Gasteiger partial charge in [-0.1, -0.05) is 42.5 Å². The normalized spacial score (nSPS) is 11.4. The summed E-state index contributed by atoms with van der Waals surface area (Å²) in [5.74, 6) is 1.33. The zero-order valence-corrected chi connectivity index (χ0v) is 16.4. The van der Waals surface area contributed by atoms with Gasteiger partial charge in [-0.3, -0.25) is 0 Å². The Morgan fingerprint density at radius 3 is 2.62 bits per heavy atom. The molecule has 29 heavy (non-hydrogen) atoms. The van der Waals surface area contributed by atoms with Crippen LogP contribution in [0.2, 0.25) is 0 Å². The molecule has 0 unspecified atom stereocenters. The quantitative estimate of drug-likeness (QED) is 0.444. The van der Waals surface area contributed by atoms with Gasteiger partial charge in [0.15, 0.2) is 0 Å². The summed E-state index contributed by atoms with van der Waals surface area (Å²) in [4.78, 5) is 7.87. The summed E-state index contributed by atoms with van der Waals surface area (Å²) in [5.41, 5.74) is 6.66. The van der Waals surface area contributed by atoms with Gasteiger partial charge in [-0.05, 0) is 66.4 Å². The maximum Gasteiger partial charge on any atom is 0.149 e. The van der Waals surface area contributed by atoms with E-state index in [1.807, 2.05) is 66.7 Å². The summed E-state index contributed by atoms with van der Waals surface area (Å²) >= 11 is 0. The van der Waals surface area contributed by atoms with Gasteiger partial charge in [0.05, 0.1) is 16.6 Å². The van der Waals surface area contributed by atoms with Gasteiger partial charge in [0, 0.05) is 0 Å². The molecule has 1 N–H and O–H groups in total. The molecule has 4 rings (SSSR count). The second-order valence-electron chi connectivity index (χ2n) is 7.06. The number of aryl methyl sites for hydroxylation is 2. The Kier molecular flexibility index (Phi) is 5.13. The topological polar surface area (TPSA) is 61.7 Å². The van der Waals surface area contributed by atoms with Crippen LogP contribution in [0.4, 0.5) is 0 Å². The number of aromatic amines is 1. The largest absolute Gasteiger partial charge is 0.489 e. The molecule has 3 aromatic carbocycles. The summed E-state index contributed by atoms with van der Waals surface area (Å²) in [5, 5.41) is 9.69. The highest BCUT2D eigenvalue weighted by atomic mass is 16.5. The van der Waals surface area contributed by atoms with E-state index in [0.29, 0.717) is 18.0 Å². The van der Waals surface area contributed by atoms with Crippen LogP contribution in [0.5, 0.6) is 5.75 Å². The van der Waals surface area contributed by atoms with Crippen LogP contribution in [-0.4, -0.2) is 9.97 Å². The maximum absolute atomic E-state index is 9.69. The van der Waals surface area contributed by atoms with E-state index in [2.05, 4.69) is 36.0 Å². The van der Waals surface area contributed by atoms with E-state index < -0.39 is 0 Å². The number of benzene rings is 3. The first-order chi connectivity index (χ1) is 14.1. The van der Waals surface area contributed by atoms with Crippen molar-refractivity contribution in [1.29, 1.82) is 5.26 Å². The van der Waals surface area contributed by atoms with Crippen LogP contribution >= 0.6 is 0 Å². The van der Waals surface area contributed by atoms with Gasteiger partial charge >= 0.3 is 0 Å². The van der Waals surface area contributed by atoms with E-state index in [1.165, 1.54) is 11.1 Å². The number of fused-ring (bicyclic) bond motifs is 1. The number of H-pyrrole nitrogens is 1. The third-order valence-corrected chi connectivity index (χ3v) is 4.89. The Hall–Kier alpha value is -3.84. The van der Waals surface area contributed by atoms with Crippen molar-refractivity contribution >= 4 is 22.7 Å². The number of hydrogen-bond donors (Lipinski definition) is 1. The van der Waals surface area contributed by atoms with Crippen LogP contribution in [-0.2, 0) is 6.61 Å². The summed E-state index contributed by atoms with van der Waals surface area (Å²) in [6.45, 7) is 4.63. The molecule has 0 aliphatic carbocycles. The molecular weight excluding hydrogens is 358 g/mol. The third-order valence-electron chi connectivity index (χ3n) is 4.89. The van der Waals surface area contributed by atoms with Gasteiger partial charge < -0.3 is 9.72 Å². The molecule has 0 aliphatic rings. The predicted octanol–water partition coefficient (Wildman–Crippen LogP) is 5.82. The molecule has 0 amide bonds. The van der Waals surface area contributed by atoms with Crippen LogP contribution in [0, 0.1) is 25.2 Å². The van der Waals surface area contributed by atoms with Crippen molar-refractivity contribution in [2.75, 3.05) is 0 Å². The van der Waals surface area contributed by atoms with E-state index in [1.54, 1.807) is 0 Å². The molecule has 142 valence electrons. The van der Waals surface area contributed by atoms with Crippen LogP contribution in [0.3, 0.4) is 0 Å². The number of aromatic nitrogens is 2. The zero-order valence-electron chi connectivity index (χ0n) is 16.4. The van der Waals surface area contributed by atoms with Crippen LogP contribution < -0.4 is 4.74 Å². The molecule has 0 fully saturated rings. The predicted molar refractivity (Wildman–Crippen MR) is 116 cm³/mol. The lowest BCUT2D eigenvalue weighted by Crippen LogP contribution is -1.95. The lowest BCUT2D eigenvalue weighted by Gasteiger charge is -2.07. The van der Waals surface area contributed by atoms with Gasteiger partial charge in [-0.2, -0.15) is 5.26 Å². The van der Waals surface area contributed by atoms with Gasteiger partial charge in [-0.15, -0.1) is 0 Å². The maximum atomic E-state index is 9.69. The third kappa shape index (κ3) is 4.20. The van der Waals surface area contributed by atoms with E-state index in [4.69, 9.17) is 4.74 Å². The van der Waals surface area contributed by atoms with Crippen LogP contribution in [0.1, 0.15) is 28.1 Å². The summed E-state index contributed by atoms with van der Waals surface area (Å²) < 4.78 is 5.89. The number of nitrogens with zero attached hydrogens (tertiary/aromatic N) is 2. The number of allylic oxidation sites excluding steroid dienone is 1. The Morgan fingerprint density at radius 1 is 1.03 bits per heavy atom. The van der Waals surface area contributed by atoms with Crippen LogP contribution in [0.25, 0.3) is 22.7 Å². The first-order valence-corrected chi connectivity index (χ1v) is 9.48. The fourth-order valence-electron chi connectivity index (χ4n) is 3.15. The molecule has 0 saturated carbocycles. The first-order valence-electron chi connectivity index (χ1n) is 9.48. The number of nitrogens with one attached hydrogen (secondary N) is 1. The van der Waals surface area contributed by atoms with Crippen molar-refractivity contribution in [3.05, 3.63) is 94.8 Å². The smallest absolute Gasteiger partial charge is 0.149 e. The second kappa shape index (κ2) is 8.04. The van der Waals surface area contributed by atoms with Crippen molar-refractivity contribution in [3.8, 4) is 11.8 Å². The molecule has 4 nitrogen and oxygen atoms in total. The van der Waals surface area contributed by atoms with Crippen molar-refractivity contribution < 1.29 is 4.74 Å². The highest BCUT2D eigenvalue weighted by Crippen LogP contribution is 2.23. The molecule has 0 saturated heterocycles. The summed E-state index contributed by atoms with van der Waals surface area (Å²) in [7, 11) is 0. The SMILES string of the molecule is Cc1cc2nc(/C(C#N)=C\c3cccc(OCc4ccccc4)c3)[nH]c2cc1C. The summed E-state index contributed by atoms with van der Waals surface area (Å²) in [6, 6.07) is 24.1. The Morgan fingerprint density at radius 2 is 1.83 bits per heavy atom. The van der Waals surface area contributed by atoms with Crippen LogP contribution in [0.15, 0.2) is 66.7 Å². The minimum absolute atomic E-state index is 0.483. The first kappa shape index (κ1) is 18.5. The molecule has 0 atom stereocenters. The minimum atomic E-state index is 0.483. The monoisotopic (exact) mass is 379 g/mol. The van der Waals surface area contributed by atoms with Gasteiger partial charge in [0.2, 0.25) is 0 Å². The van der Waals surface area contributed by atoms with Crippen molar-refractivity contribution in [3.63, 3.8) is 0 Å². The summed E-state index contributed by atoms with van der Waals surface area (Å²) in [6.07, 6.45) is 1.83. The lowest BCUT2D eigenvalue weighted by molar-refractivity contribution is 0.306. The highest BCUT2D eigenvalue weighted by Gasteiger charge is 2.09. The van der Waals surface area contributed by atoms with Crippen molar-refractivity contribution in [2.24, 2.45) is 0 Å². The van der Waals surface area contributed by atoms with E-state index in [9.17, 15) is 5.26 Å². The number of imidazole rings is 1. The molecule has 0 spiro atoms. The van der Waals surface area contributed by atoms with E-state index in [0.717, 1.165) is 27.9 Å². The molecule has 0 aliphatic heterocycles. The molecular formula is C25H21N3O. The fourth-order valence-corrected chi connectivity index (χ4v) is 3.15. The molecule has 0 bridgehead atoms. The van der Waals surface area contributed by atoms with E-state index in [-0.39, 0.29) is 0 Å². The minimum Gasteiger partial charge on any atom is -0.489 e. The van der Waals surface area contributed by atoms with E-state index >= 15 is 0 Å². The van der Waals surface area contributed by atoms with Gasteiger partial charge in [0.1, 0.15) is 24.3 Å². The number of hydrogen-bond acceptors (Lipinski definition) is 3. The molecule has 1 heterocycles. The Balaban J connectivity index is 1.59. The van der Waals surface area contributed by atoms with Gasteiger partial charge in [0.25, 0.3) is 0 Å². The second-order valence-corrected chi connectivity index (χ2v) is 7.06. The Bertz CT molecular complexity index is 1190. The average Bonchev–Trinajstić information content (AvgIpc) is 3.14. The zero-order chi connectivity index (χ0) is 20.2. The highest BCUT2D eigenvalue weighted by molar-refractivity contribution is 5.90. The fraction of sp³-hybridized carbons (Fsp3) is 0.120. The lowest BCUT2D eigenvalue weighted by atomic mass is 10.1. The number of rotatable bonds is 5. The number of nitriles is 1. The molecule has 4 heteroatoms. The Labute approximate surface area is 170 Å². The average molecular weight is 379 g/mol. The molecule has 4 aromatic rings. The van der Waals surface area contributed by atoms with Gasteiger partial charge in [-0.25, -0.2) is 4.98 Å². The number of ether oxygens (including phenoxy) is 1. The molecule has 1 aromatic heterocycles. The standard InChI is InChI=1S/C25H21N3O/c1-17-11-23-24(12-18(17)2)28-25(27-23)21(15-26)13-20-9-6-10-22(14-20)29-16-19-7-4-3-5-8-19/h3-14H,16H2,1-2H3,(H,27,28)/b21-13-. The van der Waals surface area contributed by atoms with Crippen molar-refractivity contribution in [1.82, 2.24) is 9.97 Å². The van der Waals surface area contributed by atoms with Crippen molar-refractivity contribution in [2.45, 2.75) is 20.5 Å².